The second-order valence-corrected chi connectivity index (χ2v) is 16.0. The lowest BCUT2D eigenvalue weighted by Gasteiger charge is -2.40. The maximum atomic E-state index is 11.1. The Morgan fingerprint density at radius 3 is 2.17 bits per heavy atom. The van der Waals surface area contributed by atoms with Gasteiger partial charge >= 0.3 is 6.09 Å². The number of ether oxygens (including phenoxy) is 1. The molecule has 2 saturated heterocycles. The van der Waals surface area contributed by atoms with Gasteiger partial charge in [-0.1, -0.05) is 105 Å². The Kier molecular flexibility index (Phi) is 12.4. The number of aromatic nitrogens is 1. The van der Waals surface area contributed by atoms with E-state index in [-0.39, 0.29) is 23.6 Å². The van der Waals surface area contributed by atoms with E-state index < -0.39 is 0 Å². The third kappa shape index (κ3) is 10.0. The summed E-state index contributed by atoms with van der Waals surface area (Å²) in [5.74, 6) is 0. The number of nitrogens with zero attached hydrogens (tertiary/aromatic N) is 3. The number of aromatic amines is 1. The van der Waals surface area contributed by atoms with E-state index in [4.69, 9.17) is 16.3 Å². The molecule has 5 aromatic rings. The molecule has 2 fully saturated rings. The molecular formula is C44H54ClN5O2. The van der Waals surface area contributed by atoms with Gasteiger partial charge in [0.1, 0.15) is 6.61 Å². The molecule has 0 radical (unpaired) electrons. The molecule has 0 aliphatic carbocycles. The summed E-state index contributed by atoms with van der Waals surface area (Å²) in [6.07, 6.45) is 3.62. The van der Waals surface area contributed by atoms with Crippen LogP contribution in [0, 0.1) is 0 Å². The highest BCUT2D eigenvalue weighted by Gasteiger charge is 2.27. The molecule has 52 heavy (non-hydrogen) atoms. The quantitative estimate of drug-likeness (QED) is 0.152. The van der Waals surface area contributed by atoms with Crippen molar-refractivity contribution >= 4 is 28.6 Å². The molecule has 1 amide bonds. The van der Waals surface area contributed by atoms with Gasteiger partial charge in [-0.25, -0.2) is 4.79 Å². The van der Waals surface area contributed by atoms with Crippen LogP contribution in [0.4, 0.5) is 4.79 Å². The van der Waals surface area contributed by atoms with Gasteiger partial charge in [0, 0.05) is 61.4 Å². The molecule has 0 bridgehead atoms. The van der Waals surface area contributed by atoms with Crippen LogP contribution in [0.1, 0.15) is 60.2 Å². The molecule has 4 aromatic carbocycles. The third-order valence-corrected chi connectivity index (χ3v) is 10.4. The molecule has 274 valence electrons. The number of H-pyrrole nitrogens is 1. The van der Waals surface area contributed by atoms with Crippen LogP contribution in [0.5, 0.6) is 0 Å². The highest BCUT2D eigenvalue weighted by molar-refractivity contribution is 6.30. The molecule has 7 nitrogen and oxygen atoms in total. The normalized spacial score (nSPS) is 17.4. The SMILES string of the molecule is CC(C)(C)c1ccc(CN2CCN(C(c3ccccc3)c3ccc(Cl)cc3)CC2)cc1.CN(C)CCc1c[nH]c2ccc(C[C@H]3COC(=O)N3)cc12. The summed E-state index contributed by atoms with van der Waals surface area (Å²) in [6, 6.07) is 35.2. The van der Waals surface area contributed by atoms with Crippen LogP contribution in [0.15, 0.2) is 103 Å². The molecule has 1 unspecified atom stereocenters. The fourth-order valence-electron chi connectivity index (χ4n) is 7.17. The molecule has 2 N–H and O–H groups in total. The van der Waals surface area contributed by atoms with Crippen LogP contribution in [-0.2, 0) is 29.5 Å². The van der Waals surface area contributed by atoms with Crippen LogP contribution in [0.2, 0.25) is 5.02 Å². The number of fused-ring (bicyclic) bond motifs is 1. The van der Waals surface area contributed by atoms with Crippen LogP contribution < -0.4 is 5.32 Å². The molecule has 0 spiro atoms. The number of rotatable bonds is 10. The van der Waals surface area contributed by atoms with Gasteiger partial charge in [0.2, 0.25) is 0 Å². The lowest BCUT2D eigenvalue weighted by Crippen LogP contribution is -2.47. The number of carbonyl (C=O) groups excluding carboxylic acids is 1. The second-order valence-electron chi connectivity index (χ2n) is 15.5. The Balaban J connectivity index is 0.000000192. The lowest BCUT2D eigenvalue weighted by molar-refractivity contribution is 0.105. The summed E-state index contributed by atoms with van der Waals surface area (Å²) in [7, 11) is 4.17. The summed E-state index contributed by atoms with van der Waals surface area (Å²) in [4.78, 5) is 21.8. The third-order valence-electron chi connectivity index (χ3n) is 10.2. The van der Waals surface area contributed by atoms with Gasteiger partial charge < -0.3 is 19.9 Å². The largest absolute Gasteiger partial charge is 0.447 e. The minimum absolute atomic E-state index is 0.0825. The Labute approximate surface area is 314 Å². The van der Waals surface area contributed by atoms with Crippen molar-refractivity contribution in [2.45, 2.75) is 57.7 Å². The van der Waals surface area contributed by atoms with Crippen LogP contribution in [0.3, 0.4) is 0 Å². The number of nitrogens with one attached hydrogen (secondary N) is 2. The van der Waals surface area contributed by atoms with E-state index in [9.17, 15) is 4.79 Å². The van der Waals surface area contributed by atoms with Gasteiger partial charge in [0.15, 0.2) is 0 Å². The van der Waals surface area contributed by atoms with E-state index in [1.54, 1.807) is 0 Å². The minimum Gasteiger partial charge on any atom is -0.447 e. The molecule has 0 saturated carbocycles. The standard InChI is InChI=1S/C28H33ClN2.C16H21N3O2/c1-28(2,3)25-13-9-22(10-14-25)21-30-17-19-31(20-18-30)27(23-7-5-4-6-8-23)24-11-15-26(29)16-12-24;1-19(2)6-5-12-9-17-15-4-3-11(8-14(12)15)7-13-10-21-16(20)18-13/h4-16,27H,17-21H2,1-3H3;3-4,8-9,13,17H,5-7,10H2,1-2H3,(H,18,20)/t;13-/m.0/s1. The van der Waals surface area contributed by atoms with Gasteiger partial charge in [-0.2, -0.15) is 0 Å². The first-order valence-corrected chi connectivity index (χ1v) is 18.9. The van der Waals surface area contributed by atoms with Crippen molar-refractivity contribution in [3.63, 3.8) is 0 Å². The predicted molar refractivity (Wildman–Crippen MR) is 214 cm³/mol. The second kappa shape index (κ2) is 17.1. The molecule has 2 aliphatic heterocycles. The van der Waals surface area contributed by atoms with Gasteiger partial charge in [-0.3, -0.25) is 9.80 Å². The van der Waals surface area contributed by atoms with Crippen molar-refractivity contribution < 1.29 is 9.53 Å². The number of hydrogen-bond acceptors (Lipinski definition) is 5. The van der Waals surface area contributed by atoms with Gasteiger partial charge in [0.05, 0.1) is 12.1 Å². The first kappa shape index (κ1) is 37.6. The topological polar surface area (TPSA) is 63.8 Å². The smallest absolute Gasteiger partial charge is 0.407 e. The number of carbonyl (C=O) groups is 1. The number of amides is 1. The summed E-state index contributed by atoms with van der Waals surface area (Å²) in [6.45, 7) is 13.6. The number of halogens is 1. The molecular weight excluding hydrogens is 666 g/mol. The molecule has 1 aromatic heterocycles. The van der Waals surface area contributed by atoms with E-state index in [1.807, 2.05) is 12.1 Å². The maximum absolute atomic E-state index is 11.1. The predicted octanol–water partition coefficient (Wildman–Crippen LogP) is 8.47. The molecule has 8 heteroatoms. The first-order chi connectivity index (χ1) is 25.0. The summed E-state index contributed by atoms with van der Waals surface area (Å²) in [5, 5.41) is 4.89. The van der Waals surface area contributed by atoms with E-state index in [0.717, 1.165) is 57.1 Å². The van der Waals surface area contributed by atoms with E-state index >= 15 is 0 Å². The fraction of sp³-hybridized carbons (Fsp3) is 0.386. The summed E-state index contributed by atoms with van der Waals surface area (Å²) < 4.78 is 4.94. The highest BCUT2D eigenvalue weighted by Crippen LogP contribution is 2.31. The fourth-order valence-corrected chi connectivity index (χ4v) is 7.29. The van der Waals surface area contributed by atoms with Crippen molar-refractivity contribution in [1.29, 1.82) is 0 Å². The van der Waals surface area contributed by atoms with Crippen molar-refractivity contribution in [1.82, 2.24) is 25.0 Å². The zero-order chi connectivity index (χ0) is 36.7. The Morgan fingerprint density at radius 2 is 1.54 bits per heavy atom. The molecule has 3 heterocycles. The van der Waals surface area contributed by atoms with Crippen LogP contribution in [-0.4, -0.2) is 85.2 Å². The van der Waals surface area contributed by atoms with Crippen LogP contribution >= 0.6 is 11.6 Å². The molecule has 7 rings (SSSR count). The van der Waals surface area contributed by atoms with Crippen molar-refractivity contribution in [3.05, 3.63) is 142 Å². The van der Waals surface area contributed by atoms with Gasteiger partial charge in [-0.05, 0) is 90.0 Å². The number of piperazine rings is 1. The number of cyclic esters (lactones) is 1. The van der Waals surface area contributed by atoms with Crippen molar-refractivity contribution in [3.8, 4) is 0 Å². The number of alkyl carbamates (subject to hydrolysis) is 1. The first-order valence-electron chi connectivity index (χ1n) is 18.5. The Morgan fingerprint density at radius 1 is 0.865 bits per heavy atom. The van der Waals surface area contributed by atoms with Gasteiger partial charge in [-0.15, -0.1) is 0 Å². The van der Waals surface area contributed by atoms with Gasteiger partial charge in [0.25, 0.3) is 0 Å². The maximum Gasteiger partial charge on any atom is 0.407 e. The molecule has 2 aliphatic rings. The molecule has 2 atom stereocenters. The summed E-state index contributed by atoms with van der Waals surface area (Å²) >= 11 is 6.16. The zero-order valence-electron chi connectivity index (χ0n) is 31.4. The highest BCUT2D eigenvalue weighted by atomic mass is 35.5. The van der Waals surface area contributed by atoms with Crippen molar-refractivity contribution in [2.24, 2.45) is 0 Å². The zero-order valence-corrected chi connectivity index (χ0v) is 32.1. The van der Waals surface area contributed by atoms with E-state index in [1.165, 1.54) is 44.3 Å². The Bertz CT molecular complexity index is 1870. The Hall–Kier alpha value is -4.14. The van der Waals surface area contributed by atoms with E-state index in [2.05, 4.69) is 151 Å². The minimum atomic E-state index is -0.311. The number of benzene rings is 4. The summed E-state index contributed by atoms with van der Waals surface area (Å²) in [5.41, 5.74) is 9.39. The number of hydrogen-bond donors (Lipinski definition) is 2. The van der Waals surface area contributed by atoms with Crippen LogP contribution in [0.25, 0.3) is 10.9 Å². The van der Waals surface area contributed by atoms with E-state index in [0.29, 0.717) is 6.61 Å². The lowest BCUT2D eigenvalue weighted by atomic mass is 9.87. The average Bonchev–Trinajstić information content (AvgIpc) is 3.74. The number of likely N-dealkylation sites (N-methyl/N-ethyl adjacent to an activating group) is 1. The monoisotopic (exact) mass is 719 g/mol. The van der Waals surface area contributed by atoms with Crippen molar-refractivity contribution in [2.75, 3.05) is 53.4 Å². The average molecular weight is 720 g/mol.